The van der Waals surface area contributed by atoms with Gasteiger partial charge in [-0.1, -0.05) is 133 Å². The molecular formula is C45H27N3O. The zero-order chi connectivity index (χ0) is 32.3. The van der Waals surface area contributed by atoms with Gasteiger partial charge >= 0.3 is 0 Å². The summed E-state index contributed by atoms with van der Waals surface area (Å²) in [5, 5.41) is 8.94. The summed E-state index contributed by atoms with van der Waals surface area (Å²) < 4.78 is 6.29. The molecule has 0 saturated carbocycles. The van der Waals surface area contributed by atoms with Gasteiger partial charge in [-0.15, -0.1) is 0 Å². The SMILES string of the molecule is c1ccc(-c2cc(-c3nc(-c4cc5ccccc5c5ccccc45)nc(-c4cccc5oc6ccccc6c45)n3)cc3ccccc23)cc1. The summed E-state index contributed by atoms with van der Waals surface area (Å²) in [5.41, 5.74) is 6.71. The Balaban J connectivity index is 1.30. The monoisotopic (exact) mass is 625 g/mol. The number of furan rings is 1. The van der Waals surface area contributed by atoms with E-state index in [0.29, 0.717) is 17.5 Å². The van der Waals surface area contributed by atoms with Crippen molar-refractivity contribution < 1.29 is 4.42 Å². The van der Waals surface area contributed by atoms with Crippen molar-refractivity contribution >= 4 is 54.3 Å². The Morgan fingerprint density at radius 1 is 0.327 bits per heavy atom. The van der Waals surface area contributed by atoms with Crippen molar-refractivity contribution in [3.05, 3.63) is 164 Å². The molecule has 0 N–H and O–H groups in total. The van der Waals surface area contributed by atoms with Crippen molar-refractivity contribution in [2.45, 2.75) is 0 Å². The molecule has 0 saturated heterocycles. The Hall–Kier alpha value is -6.65. The molecule has 0 fully saturated rings. The van der Waals surface area contributed by atoms with Crippen LogP contribution in [0.25, 0.3) is 99.5 Å². The molecule has 49 heavy (non-hydrogen) atoms. The number of benzene rings is 8. The molecule has 0 bridgehead atoms. The van der Waals surface area contributed by atoms with E-state index in [4.69, 9.17) is 19.4 Å². The summed E-state index contributed by atoms with van der Waals surface area (Å²) in [6.07, 6.45) is 0. The quantitative estimate of drug-likeness (QED) is 0.183. The number of rotatable bonds is 4. The van der Waals surface area contributed by atoms with Crippen LogP contribution in [0.1, 0.15) is 0 Å². The molecule has 0 radical (unpaired) electrons. The van der Waals surface area contributed by atoms with Gasteiger partial charge in [-0.3, -0.25) is 0 Å². The molecule has 0 aliphatic rings. The summed E-state index contributed by atoms with van der Waals surface area (Å²) in [6.45, 7) is 0. The van der Waals surface area contributed by atoms with Crippen LogP contribution in [0, 0.1) is 0 Å². The molecule has 2 aromatic heterocycles. The maximum atomic E-state index is 6.29. The Morgan fingerprint density at radius 2 is 0.918 bits per heavy atom. The highest BCUT2D eigenvalue weighted by Gasteiger charge is 2.20. The first kappa shape index (κ1) is 27.5. The van der Waals surface area contributed by atoms with Crippen LogP contribution in [-0.4, -0.2) is 15.0 Å². The van der Waals surface area contributed by atoms with Crippen molar-refractivity contribution in [3.8, 4) is 45.3 Å². The van der Waals surface area contributed by atoms with Gasteiger partial charge in [0, 0.05) is 27.5 Å². The smallest absolute Gasteiger partial charge is 0.164 e. The highest BCUT2D eigenvalue weighted by molar-refractivity contribution is 6.14. The van der Waals surface area contributed by atoms with Gasteiger partial charge in [0.25, 0.3) is 0 Å². The van der Waals surface area contributed by atoms with Crippen LogP contribution in [0.5, 0.6) is 0 Å². The molecule has 0 atom stereocenters. The zero-order valence-corrected chi connectivity index (χ0v) is 26.3. The molecule has 4 nitrogen and oxygen atoms in total. The first-order chi connectivity index (χ1) is 24.3. The van der Waals surface area contributed by atoms with Gasteiger partial charge < -0.3 is 4.42 Å². The summed E-state index contributed by atoms with van der Waals surface area (Å²) >= 11 is 0. The van der Waals surface area contributed by atoms with Gasteiger partial charge in [0.2, 0.25) is 0 Å². The molecule has 4 heteroatoms. The normalized spacial score (nSPS) is 11.7. The van der Waals surface area contributed by atoms with E-state index in [1.807, 2.05) is 36.4 Å². The van der Waals surface area contributed by atoms with Crippen LogP contribution in [0.15, 0.2) is 168 Å². The van der Waals surface area contributed by atoms with E-state index in [0.717, 1.165) is 65.9 Å². The Labute approximate surface area is 282 Å². The molecule has 0 spiro atoms. The molecule has 228 valence electrons. The van der Waals surface area contributed by atoms with Crippen LogP contribution in [0.3, 0.4) is 0 Å². The van der Waals surface area contributed by atoms with E-state index in [1.54, 1.807) is 0 Å². The van der Waals surface area contributed by atoms with Crippen LogP contribution >= 0.6 is 0 Å². The molecule has 8 aromatic carbocycles. The molecular weight excluding hydrogens is 599 g/mol. The van der Waals surface area contributed by atoms with Crippen molar-refractivity contribution in [2.75, 3.05) is 0 Å². The average molecular weight is 626 g/mol. The van der Waals surface area contributed by atoms with Crippen molar-refractivity contribution in [1.82, 2.24) is 15.0 Å². The second-order valence-electron chi connectivity index (χ2n) is 12.4. The minimum absolute atomic E-state index is 0.601. The minimum atomic E-state index is 0.601. The second kappa shape index (κ2) is 11.0. The van der Waals surface area contributed by atoms with Crippen LogP contribution in [-0.2, 0) is 0 Å². The van der Waals surface area contributed by atoms with Gasteiger partial charge in [-0.05, 0) is 73.8 Å². The third kappa shape index (κ3) is 4.49. The fraction of sp³-hybridized carbons (Fsp3) is 0. The van der Waals surface area contributed by atoms with Gasteiger partial charge in [0.1, 0.15) is 11.2 Å². The third-order valence-electron chi connectivity index (χ3n) is 9.49. The van der Waals surface area contributed by atoms with Gasteiger partial charge in [0.05, 0.1) is 0 Å². The van der Waals surface area contributed by atoms with Gasteiger partial charge in [-0.2, -0.15) is 0 Å². The summed E-state index contributed by atoms with van der Waals surface area (Å²) in [4.78, 5) is 15.8. The molecule has 0 unspecified atom stereocenters. The average Bonchev–Trinajstić information content (AvgIpc) is 3.56. The lowest BCUT2D eigenvalue weighted by molar-refractivity contribution is 0.669. The first-order valence-electron chi connectivity index (χ1n) is 16.4. The lowest BCUT2D eigenvalue weighted by Gasteiger charge is -2.14. The van der Waals surface area contributed by atoms with E-state index in [1.165, 1.54) is 16.2 Å². The highest BCUT2D eigenvalue weighted by atomic mass is 16.3. The largest absolute Gasteiger partial charge is 0.456 e. The fourth-order valence-corrected chi connectivity index (χ4v) is 7.24. The molecule has 10 rings (SSSR count). The summed E-state index contributed by atoms with van der Waals surface area (Å²) in [7, 11) is 0. The summed E-state index contributed by atoms with van der Waals surface area (Å²) in [6, 6.07) is 56.9. The molecule has 0 amide bonds. The van der Waals surface area contributed by atoms with E-state index in [9.17, 15) is 0 Å². The van der Waals surface area contributed by atoms with Crippen molar-refractivity contribution in [3.63, 3.8) is 0 Å². The number of hydrogen-bond donors (Lipinski definition) is 0. The third-order valence-corrected chi connectivity index (χ3v) is 9.49. The Kier molecular flexibility index (Phi) is 6.15. The van der Waals surface area contributed by atoms with Gasteiger partial charge in [0.15, 0.2) is 17.5 Å². The lowest BCUT2D eigenvalue weighted by Crippen LogP contribution is -2.01. The zero-order valence-electron chi connectivity index (χ0n) is 26.3. The Morgan fingerprint density at radius 3 is 1.73 bits per heavy atom. The minimum Gasteiger partial charge on any atom is -0.456 e. The Bertz CT molecular complexity index is 2890. The van der Waals surface area contributed by atoms with Crippen LogP contribution in [0.2, 0.25) is 0 Å². The number of para-hydroxylation sites is 1. The maximum absolute atomic E-state index is 6.29. The van der Waals surface area contributed by atoms with E-state index >= 15 is 0 Å². The topological polar surface area (TPSA) is 51.8 Å². The van der Waals surface area contributed by atoms with Crippen LogP contribution < -0.4 is 0 Å². The number of fused-ring (bicyclic) bond motifs is 7. The van der Waals surface area contributed by atoms with Crippen LogP contribution in [0.4, 0.5) is 0 Å². The molecule has 10 aromatic rings. The van der Waals surface area contributed by atoms with Crippen molar-refractivity contribution in [1.29, 1.82) is 0 Å². The number of hydrogen-bond acceptors (Lipinski definition) is 4. The van der Waals surface area contributed by atoms with E-state index in [-0.39, 0.29) is 0 Å². The maximum Gasteiger partial charge on any atom is 0.164 e. The second-order valence-corrected chi connectivity index (χ2v) is 12.4. The highest BCUT2D eigenvalue weighted by Crippen LogP contribution is 2.39. The standard InChI is InChI=1S/C45H27N3O/c1-2-13-28(14-3-1)38-27-31(25-29-15-4-7-18-33(29)38)43-46-44(37-22-12-24-41-42(37)36-21-10-11-23-40(36)49-41)48-45(47-43)39-26-30-16-5-6-17-32(30)34-19-8-9-20-35(34)39/h1-27H. The molecule has 0 aliphatic heterocycles. The van der Waals surface area contributed by atoms with Crippen molar-refractivity contribution in [2.24, 2.45) is 0 Å². The number of nitrogens with zero attached hydrogens (tertiary/aromatic N) is 3. The van der Waals surface area contributed by atoms with E-state index in [2.05, 4.69) is 127 Å². The molecule has 2 heterocycles. The predicted molar refractivity (Wildman–Crippen MR) is 201 cm³/mol. The first-order valence-corrected chi connectivity index (χ1v) is 16.4. The van der Waals surface area contributed by atoms with E-state index < -0.39 is 0 Å². The van der Waals surface area contributed by atoms with Gasteiger partial charge in [-0.25, -0.2) is 15.0 Å². The summed E-state index contributed by atoms with van der Waals surface area (Å²) in [5.74, 6) is 1.84. The predicted octanol–water partition coefficient (Wildman–Crippen LogP) is 11.9. The lowest BCUT2D eigenvalue weighted by atomic mass is 9.95. The number of aromatic nitrogens is 3. The molecule has 0 aliphatic carbocycles. The fourth-order valence-electron chi connectivity index (χ4n) is 7.24.